The molecule has 2 rings (SSSR count). The lowest BCUT2D eigenvalue weighted by atomic mass is 10.0. The molecule has 1 heterocycles. The molecule has 0 spiro atoms. The number of ether oxygens (including phenoxy) is 2. The van der Waals surface area contributed by atoms with E-state index in [1.807, 2.05) is 18.2 Å². The second-order valence-corrected chi connectivity index (χ2v) is 4.69. The van der Waals surface area contributed by atoms with E-state index in [0.717, 1.165) is 23.3 Å². The van der Waals surface area contributed by atoms with Crippen molar-refractivity contribution < 1.29 is 27.4 Å². The van der Waals surface area contributed by atoms with Crippen LogP contribution in [0.5, 0.6) is 5.75 Å². The molecule has 0 amide bonds. The van der Waals surface area contributed by atoms with Gasteiger partial charge in [0.05, 0.1) is 6.61 Å². The van der Waals surface area contributed by atoms with Crippen molar-refractivity contribution in [3.8, 4) is 5.75 Å². The molecule has 0 unspecified atom stereocenters. The first-order valence-corrected chi connectivity index (χ1v) is 6.35. The Kier molecular flexibility index (Phi) is 4.65. The van der Waals surface area contributed by atoms with Gasteiger partial charge in [0.25, 0.3) is 0 Å². The lowest BCUT2D eigenvalue weighted by Crippen LogP contribution is -2.20. The Morgan fingerprint density at radius 2 is 2.15 bits per heavy atom. The standard InChI is InChI=1S/C14H15F3O3/c15-14(16,17)9-19-8-12(18)3-1-10-2-4-13-11(7-10)5-6-20-13/h2,4,7H,1,3,5-6,8-9H2. The average Bonchev–Trinajstić information content (AvgIpc) is 2.82. The second-order valence-electron chi connectivity index (χ2n) is 4.69. The summed E-state index contributed by atoms with van der Waals surface area (Å²) in [5, 5.41) is 0. The van der Waals surface area contributed by atoms with Crippen LogP contribution in [0.15, 0.2) is 18.2 Å². The van der Waals surface area contributed by atoms with E-state index in [1.165, 1.54) is 0 Å². The predicted molar refractivity (Wildman–Crippen MR) is 65.8 cm³/mol. The highest BCUT2D eigenvalue weighted by molar-refractivity contribution is 5.79. The Morgan fingerprint density at radius 1 is 1.35 bits per heavy atom. The van der Waals surface area contributed by atoms with Crippen molar-refractivity contribution in [3.63, 3.8) is 0 Å². The van der Waals surface area contributed by atoms with Crippen molar-refractivity contribution in [2.75, 3.05) is 19.8 Å². The fourth-order valence-electron chi connectivity index (χ4n) is 2.03. The van der Waals surface area contributed by atoms with E-state index in [2.05, 4.69) is 4.74 Å². The summed E-state index contributed by atoms with van der Waals surface area (Å²) in [5.74, 6) is 0.541. The summed E-state index contributed by atoms with van der Waals surface area (Å²) in [6.45, 7) is -1.20. The van der Waals surface area contributed by atoms with Crippen LogP contribution in [0.4, 0.5) is 13.2 Å². The molecule has 0 atom stereocenters. The van der Waals surface area contributed by atoms with Gasteiger partial charge >= 0.3 is 6.18 Å². The molecule has 1 aliphatic rings. The maximum atomic E-state index is 11.8. The van der Waals surface area contributed by atoms with Crippen molar-refractivity contribution in [2.45, 2.75) is 25.4 Å². The number of rotatable bonds is 6. The smallest absolute Gasteiger partial charge is 0.411 e. The maximum Gasteiger partial charge on any atom is 0.411 e. The molecule has 20 heavy (non-hydrogen) atoms. The van der Waals surface area contributed by atoms with Gasteiger partial charge in [0.2, 0.25) is 0 Å². The first-order chi connectivity index (χ1) is 9.44. The van der Waals surface area contributed by atoms with Crippen LogP contribution >= 0.6 is 0 Å². The van der Waals surface area contributed by atoms with Crippen LogP contribution < -0.4 is 4.74 Å². The fourth-order valence-corrected chi connectivity index (χ4v) is 2.03. The summed E-state index contributed by atoms with van der Waals surface area (Å²) in [5.41, 5.74) is 2.10. The number of hydrogen-bond donors (Lipinski definition) is 0. The van der Waals surface area contributed by atoms with E-state index in [0.29, 0.717) is 13.0 Å². The number of halogens is 3. The molecule has 1 aromatic rings. The molecule has 0 aliphatic carbocycles. The monoisotopic (exact) mass is 288 g/mol. The molecular weight excluding hydrogens is 273 g/mol. The number of ketones is 1. The van der Waals surface area contributed by atoms with Gasteiger partial charge in [-0.25, -0.2) is 0 Å². The summed E-state index contributed by atoms with van der Waals surface area (Å²) >= 11 is 0. The van der Waals surface area contributed by atoms with Crippen LogP contribution in [0.2, 0.25) is 0 Å². The SMILES string of the molecule is O=C(CCc1ccc2c(c1)CCO2)COCC(F)(F)F. The Labute approximate surface area is 114 Å². The largest absolute Gasteiger partial charge is 0.493 e. The zero-order chi connectivity index (χ0) is 14.6. The molecule has 0 saturated carbocycles. The summed E-state index contributed by atoms with van der Waals surface area (Å²) in [4.78, 5) is 11.4. The third-order valence-corrected chi connectivity index (χ3v) is 2.98. The Hall–Kier alpha value is -1.56. The van der Waals surface area contributed by atoms with Crippen LogP contribution in [-0.2, 0) is 22.4 Å². The van der Waals surface area contributed by atoms with Gasteiger partial charge in [-0.15, -0.1) is 0 Å². The van der Waals surface area contributed by atoms with Crippen LogP contribution in [0.3, 0.4) is 0 Å². The third-order valence-electron chi connectivity index (χ3n) is 2.98. The van der Waals surface area contributed by atoms with E-state index >= 15 is 0 Å². The number of carbonyl (C=O) groups is 1. The topological polar surface area (TPSA) is 35.5 Å². The van der Waals surface area contributed by atoms with Gasteiger partial charge in [-0.3, -0.25) is 4.79 Å². The summed E-state index contributed by atoms with van der Waals surface area (Å²) in [6.07, 6.45) is -2.86. The quantitative estimate of drug-likeness (QED) is 0.807. The van der Waals surface area contributed by atoms with E-state index in [4.69, 9.17) is 4.74 Å². The highest BCUT2D eigenvalue weighted by Gasteiger charge is 2.27. The zero-order valence-electron chi connectivity index (χ0n) is 10.8. The lowest BCUT2D eigenvalue weighted by Gasteiger charge is -2.07. The van der Waals surface area contributed by atoms with Crippen molar-refractivity contribution in [1.82, 2.24) is 0 Å². The van der Waals surface area contributed by atoms with Crippen molar-refractivity contribution in [2.24, 2.45) is 0 Å². The minimum absolute atomic E-state index is 0.178. The van der Waals surface area contributed by atoms with Gasteiger partial charge in [0.1, 0.15) is 19.0 Å². The molecule has 0 aromatic heterocycles. The van der Waals surface area contributed by atoms with Gasteiger partial charge in [-0.05, 0) is 23.6 Å². The van der Waals surface area contributed by atoms with Gasteiger partial charge in [-0.1, -0.05) is 12.1 Å². The molecule has 0 N–H and O–H groups in total. The zero-order valence-corrected chi connectivity index (χ0v) is 10.8. The molecule has 1 aromatic carbocycles. The minimum Gasteiger partial charge on any atom is -0.493 e. The molecule has 3 nitrogen and oxygen atoms in total. The molecule has 6 heteroatoms. The third kappa shape index (κ3) is 4.52. The first-order valence-electron chi connectivity index (χ1n) is 6.35. The molecule has 110 valence electrons. The summed E-state index contributed by atoms with van der Waals surface area (Å²) in [6, 6.07) is 5.71. The van der Waals surface area contributed by atoms with E-state index in [9.17, 15) is 18.0 Å². The van der Waals surface area contributed by atoms with E-state index < -0.39 is 19.4 Å². The summed E-state index contributed by atoms with van der Waals surface area (Å²) in [7, 11) is 0. The normalized spacial score (nSPS) is 13.9. The lowest BCUT2D eigenvalue weighted by molar-refractivity contribution is -0.175. The second kappa shape index (κ2) is 6.26. The number of carbonyl (C=O) groups excluding carboxylic acids is 1. The molecule has 0 radical (unpaired) electrons. The molecule has 1 aliphatic heterocycles. The number of Topliss-reactive ketones (excluding diaryl/α,β-unsaturated/α-hetero) is 1. The predicted octanol–water partition coefficient (Wildman–Crippen LogP) is 2.70. The maximum absolute atomic E-state index is 11.8. The van der Waals surface area contributed by atoms with Crippen LogP contribution in [0, 0.1) is 0 Å². The van der Waals surface area contributed by atoms with Gasteiger partial charge in [-0.2, -0.15) is 13.2 Å². The van der Waals surface area contributed by atoms with Gasteiger partial charge < -0.3 is 9.47 Å². The molecule has 0 fully saturated rings. The minimum atomic E-state index is -4.39. The van der Waals surface area contributed by atoms with Crippen LogP contribution in [0.25, 0.3) is 0 Å². The van der Waals surface area contributed by atoms with Gasteiger partial charge in [0.15, 0.2) is 5.78 Å². The van der Waals surface area contributed by atoms with Crippen molar-refractivity contribution >= 4 is 5.78 Å². The number of fused-ring (bicyclic) bond motifs is 1. The molecule has 0 saturated heterocycles. The number of aryl methyl sites for hydroxylation is 1. The van der Waals surface area contributed by atoms with Crippen molar-refractivity contribution in [3.05, 3.63) is 29.3 Å². The Morgan fingerprint density at radius 3 is 2.90 bits per heavy atom. The molecule has 0 bridgehead atoms. The van der Waals surface area contributed by atoms with E-state index in [-0.39, 0.29) is 12.2 Å². The average molecular weight is 288 g/mol. The van der Waals surface area contributed by atoms with Crippen LogP contribution in [-0.4, -0.2) is 31.8 Å². The number of hydrogen-bond acceptors (Lipinski definition) is 3. The Bertz CT molecular complexity index is 483. The summed E-state index contributed by atoms with van der Waals surface area (Å²) < 4.78 is 45.2. The van der Waals surface area contributed by atoms with E-state index in [1.54, 1.807) is 0 Å². The Balaban J connectivity index is 1.73. The highest BCUT2D eigenvalue weighted by atomic mass is 19.4. The van der Waals surface area contributed by atoms with Crippen LogP contribution in [0.1, 0.15) is 17.5 Å². The number of alkyl halides is 3. The first kappa shape index (κ1) is 14.8. The highest BCUT2D eigenvalue weighted by Crippen LogP contribution is 2.26. The number of benzene rings is 1. The molecular formula is C14H15F3O3. The van der Waals surface area contributed by atoms with Crippen molar-refractivity contribution in [1.29, 1.82) is 0 Å². The van der Waals surface area contributed by atoms with Gasteiger partial charge in [0, 0.05) is 12.8 Å². The fraction of sp³-hybridized carbons (Fsp3) is 0.500.